The lowest BCUT2D eigenvalue weighted by Crippen LogP contribution is -2.15. The van der Waals surface area contributed by atoms with Gasteiger partial charge in [-0.25, -0.2) is 0 Å². The lowest BCUT2D eigenvalue weighted by molar-refractivity contribution is -0.116. The first-order valence-electron chi connectivity index (χ1n) is 6.69. The van der Waals surface area contributed by atoms with Gasteiger partial charge in [0.15, 0.2) is 0 Å². The Morgan fingerprint density at radius 2 is 1.58 bits per heavy atom. The van der Waals surface area contributed by atoms with Gasteiger partial charge in [-0.05, 0) is 30.0 Å². The van der Waals surface area contributed by atoms with Gasteiger partial charge in [0, 0.05) is 12.1 Å². The average molecular weight is 253 g/mol. The van der Waals surface area contributed by atoms with E-state index in [1.165, 1.54) is 5.56 Å². The van der Waals surface area contributed by atoms with Crippen LogP contribution >= 0.6 is 0 Å². The maximum absolute atomic E-state index is 12.0. The van der Waals surface area contributed by atoms with Gasteiger partial charge < -0.3 is 5.32 Å². The number of nitrogens with one attached hydrogen (secondary N) is 1. The number of carbonyl (C=O) groups excluding carboxylic acids is 1. The quantitative estimate of drug-likeness (QED) is 0.849. The van der Waals surface area contributed by atoms with E-state index in [0.717, 1.165) is 12.1 Å². The summed E-state index contributed by atoms with van der Waals surface area (Å²) in [5, 5.41) is 2.94. The van der Waals surface area contributed by atoms with Crippen molar-refractivity contribution < 1.29 is 4.79 Å². The van der Waals surface area contributed by atoms with Gasteiger partial charge in [-0.3, -0.25) is 4.79 Å². The molecule has 1 N–H and O–H groups in total. The molecular formula is C17H19NO. The molecular weight excluding hydrogens is 234 g/mol. The first kappa shape index (κ1) is 13.3. The van der Waals surface area contributed by atoms with E-state index in [4.69, 9.17) is 0 Å². The Kier molecular flexibility index (Phi) is 4.73. The number of carbonyl (C=O) groups is 1. The van der Waals surface area contributed by atoms with Gasteiger partial charge in [0.2, 0.25) is 5.91 Å². The number of para-hydroxylation sites is 1. The van der Waals surface area contributed by atoms with E-state index in [0.29, 0.717) is 6.42 Å². The summed E-state index contributed by atoms with van der Waals surface area (Å²) in [6.45, 7) is 2.12. The van der Waals surface area contributed by atoms with Crippen molar-refractivity contribution in [3.05, 3.63) is 66.2 Å². The van der Waals surface area contributed by atoms with Gasteiger partial charge in [0.05, 0.1) is 0 Å². The molecule has 19 heavy (non-hydrogen) atoms. The van der Waals surface area contributed by atoms with Crippen molar-refractivity contribution >= 4 is 11.6 Å². The van der Waals surface area contributed by atoms with Crippen molar-refractivity contribution in [1.29, 1.82) is 0 Å². The molecule has 2 aromatic carbocycles. The second kappa shape index (κ2) is 6.74. The Labute approximate surface area is 114 Å². The van der Waals surface area contributed by atoms with Crippen molar-refractivity contribution in [1.82, 2.24) is 0 Å². The first-order chi connectivity index (χ1) is 9.29. The molecule has 0 aromatic heterocycles. The number of anilines is 1. The molecule has 1 atom stereocenters. The van der Waals surface area contributed by atoms with Crippen molar-refractivity contribution in [3.8, 4) is 0 Å². The number of benzene rings is 2. The summed E-state index contributed by atoms with van der Waals surface area (Å²) in [6, 6.07) is 19.8. The highest BCUT2D eigenvalue weighted by Crippen LogP contribution is 2.23. The van der Waals surface area contributed by atoms with E-state index in [1.807, 2.05) is 48.5 Å². The number of hydrogen-bond donors (Lipinski definition) is 1. The average Bonchev–Trinajstić information content (AvgIpc) is 2.47. The Hall–Kier alpha value is -2.09. The van der Waals surface area contributed by atoms with Crippen LogP contribution in [0.4, 0.5) is 5.69 Å². The molecule has 2 nitrogen and oxygen atoms in total. The minimum Gasteiger partial charge on any atom is -0.326 e. The zero-order valence-corrected chi connectivity index (χ0v) is 11.2. The van der Waals surface area contributed by atoms with Gasteiger partial charge in [-0.15, -0.1) is 0 Å². The van der Waals surface area contributed by atoms with Crippen LogP contribution in [0.5, 0.6) is 0 Å². The predicted octanol–water partition coefficient (Wildman–Crippen LogP) is 4.21. The summed E-state index contributed by atoms with van der Waals surface area (Å²) in [4.78, 5) is 12.0. The summed E-state index contributed by atoms with van der Waals surface area (Å²) in [6.07, 6.45) is 1.49. The lowest BCUT2D eigenvalue weighted by atomic mass is 9.93. The molecule has 0 saturated carbocycles. The largest absolute Gasteiger partial charge is 0.326 e. The molecule has 98 valence electrons. The van der Waals surface area contributed by atoms with Crippen LogP contribution in [0, 0.1) is 0 Å². The monoisotopic (exact) mass is 253 g/mol. The zero-order valence-electron chi connectivity index (χ0n) is 11.2. The molecule has 0 radical (unpaired) electrons. The van der Waals surface area contributed by atoms with E-state index in [9.17, 15) is 4.79 Å². The summed E-state index contributed by atoms with van der Waals surface area (Å²) in [5.41, 5.74) is 2.09. The number of rotatable bonds is 5. The summed E-state index contributed by atoms with van der Waals surface area (Å²) < 4.78 is 0. The summed E-state index contributed by atoms with van der Waals surface area (Å²) in [7, 11) is 0. The summed E-state index contributed by atoms with van der Waals surface area (Å²) >= 11 is 0. The second-order valence-corrected chi connectivity index (χ2v) is 4.63. The SMILES string of the molecule is CC[C@@H](CC(=O)Nc1ccccc1)c1ccccc1. The normalized spacial score (nSPS) is 11.8. The van der Waals surface area contributed by atoms with Crippen LogP contribution in [0.1, 0.15) is 31.2 Å². The van der Waals surface area contributed by atoms with Crippen LogP contribution < -0.4 is 5.32 Å². The lowest BCUT2D eigenvalue weighted by Gasteiger charge is -2.15. The Balaban J connectivity index is 1.97. The molecule has 2 aromatic rings. The topological polar surface area (TPSA) is 29.1 Å². The Bertz CT molecular complexity index is 507. The second-order valence-electron chi connectivity index (χ2n) is 4.63. The third kappa shape index (κ3) is 3.95. The third-order valence-corrected chi connectivity index (χ3v) is 3.25. The first-order valence-corrected chi connectivity index (χ1v) is 6.69. The molecule has 0 unspecified atom stereocenters. The molecule has 0 bridgehead atoms. The van der Waals surface area contributed by atoms with Crippen LogP contribution in [-0.2, 0) is 4.79 Å². The fourth-order valence-corrected chi connectivity index (χ4v) is 2.18. The molecule has 0 aliphatic heterocycles. The Morgan fingerprint density at radius 3 is 2.16 bits per heavy atom. The van der Waals surface area contributed by atoms with Gasteiger partial charge in [-0.2, -0.15) is 0 Å². The van der Waals surface area contributed by atoms with E-state index < -0.39 is 0 Å². The van der Waals surface area contributed by atoms with E-state index in [2.05, 4.69) is 24.4 Å². The summed E-state index contributed by atoms with van der Waals surface area (Å²) in [5.74, 6) is 0.354. The smallest absolute Gasteiger partial charge is 0.224 e. The third-order valence-electron chi connectivity index (χ3n) is 3.25. The van der Waals surface area contributed by atoms with Gasteiger partial charge in [0.1, 0.15) is 0 Å². The maximum Gasteiger partial charge on any atom is 0.224 e. The van der Waals surface area contributed by atoms with Crippen molar-refractivity contribution in [2.45, 2.75) is 25.7 Å². The fraction of sp³-hybridized carbons (Fsp3) is 0.235. The van der Waals surface area contributed by atoms with Crippen LogP contribution in [0.15, 0.2) is 60.7 Å². The van der Waals surface area contributed by atoms with Crippen LogP contribution in [0.3, 0.4) is 0 Å². The number of hydrogen-bond acceptors (Lipinski definition) is 1. The van der Waals surface area contributed by atoms with Crippen molar-refractivity contribution in [2.75, 3.05) is 5.32 Å². The zero-order chi connectivity index (χ0) is 13.5. The standard InChI is InChI=1S/C17H19NO/c1-2-14(15-9-5-3-6-10-15)13-17(19)18-16-11-7-4-8-12-16/h3-12,14H,2,13H2,1H3,(H,18,19)/t14-/m0/s1. The van der Waals surface area contributed by atoms with E-state index in [1.54, 1.807) is 0 Å². The van der Waals surface area contributed by atoms with E-state index in [-0.39, 0.29) is 11.8 Å². The molecule has 1 amide bonds. The van der Waals surface area contributed by atoms with Gasteiger partial charge in [0.25, 0.3) is 0 Å². The fourth-order valence-electron chi connectivity index (χ4n) is 2.18. The van der Waals surface area contributed by atoms with Crippen LogP contribution in [0.2, 0.25) is 0 Å². The molecule has 2 heteroatoms. The van der Waals surface area contributed by atoms with Crippen LogP contribution in [-0.4, -0.2) is 5.91 Å². The number of amides is 1. The maximum atomic E-state index is 12.0. The molecule has 0 heterocycles. The minimum atomic E-state index is 0.0712. The minimum absolute atomic E-state index is 0.0712. The van der Waals surface area contributed by atoms with Crippen molar-refractivity contribution in [2.24, 2.45) is 0 Å². The molecule has 2 rings (SSSR count). The Morgan fingerprint density at radius 1 is 1.00 bits per heavy atom. The highest BCUT2D eigenvalue weighted by atomic mass is 16.1. The molecule has 0 spiro atoms. The van der Waals surface area contributed by atoms with Crippen molar-refractivity contribution in [3.63, 3.8) is 0 Å². The van der Waals surface area contributed by atoms with Gasteiger partial charge in [-0.1, -0.05) is 55.5 Å². The molecule has 0 aliphatic rings. The highest BCUT2D eigenvalue weighted by molar-refractivity contribution is 5.91. The van der Waals surface area contributed by atoms with Gasteiger partial charge >= 0.3 is 0 Å². The molecule has 0 fully saturated rings. The highest BCUT2D eigenvalue weighted by Gasteiger charge is 2.13. The van der Waals surface area contributed by atoms with Crippen LogP contribution in [0.25, 0.3) is 0 Å². The van der Waals surface area contributed by atoms with E-state index >= 15 is 0 Å². The predicted molar refractivity (Wildman–Crippen MR) is 79.2 cm³/mol. The molecule has 0 aliphatic carbocycles. The molecule has 0 saturated heterocycles.